The van der Waals surface area contributed by atoms with Crippen molar-refractivity contribution in [2.45, 2.75) is 245 Å². The molecule has 0 bridgehead atoms. The van der Waals surface area contributed by atoms with Crippen molar-refractivity contribution in [3.8, 4) is 0 Å². The SMILES string of the molecule is CC[C@@H](CC(=O)[C@H](CCC(=O)NC[C@H](O)[C@@H](O)[C@H](O)[C@H](O)CO)NC(=O)[C@@H](CCC(=O)O)CC(=O)[C@H](CCC(=O)NC[C@H](O)[C@@H](O)[C@H](O)[C@H](O)CO)NC(=O)[C@@H](CCC(=O)O)CC(=O)[C@H](CCC(=O)NC[C@H](O)[C@@H](O)[C@H](O)[C@H](O)CO)NC(=O)Cc1ccc(CNC=O)cc1)C(=O)O.O=CNCc1ccc(CC(=O)N[C@H](CCOO)C(=O)C[C@H](CC(=O)O)C(=O)N[C@H](CS)C(=O)O)cc1. The first-order chi connectivity index (χ1) is 63.1. The molecule has 2 aromatic carbocycles. The predicted molar refractivity (Wildman–Crippen MR) is 457 cm³/mol. The Hall–Kier alpha value is -11.2. The van der Waals surface area contributed by atoms with Crippen LogP contribution in [0, 0.1) is 23.7 Å². The topological polar surface area (TPSA) is 879 Å². The lowest BCUT2D eigenvalue weighted by atomic mass is 9.89. The first-order valence-corrected chi connectivity index (χ1v) is 42.7. The number of carbonyl (C=O) groups is 19. The van der Waals surface area contributed by atoms with Gasteiger partial charge in [-0.15, -0.1) is 0 Å². The molecule has 51 nitrogen and oxygen atoms in total. The van der Waals surface area contributed by atoms with E-state index in [0.717, 1.165) is 5.56 Å². The highest BCUT2D eigenvalue weighted by atomic mass is 32.1. The minimum atomic E-state index is -2.17. The molecular formula is C82H124N10O41S. The first kappa shape index (κ1) is 121. The standard InChI is InChI=1S/C60H95N7O31.C22H29N3O10S/c1-2-31(60(97)98)18-37(72)35(10-13-47(82)63-23-41(76)53(90)56(93)44(79)26-69)66-59(96)33(8-16-51(87)88)20-39(74)36(11-14-48(83)64-24-42(77)54(91)57(94)45(80)27-70)67-58(95)32(7-15-50(85)86)19-38(73)34(65-49(84)17-29-3-5-30(6-4-29)21-61-28-71)9-12-46(81)62-22-40(75)52(89)55(92)43(78)25-68;26-12-23-10-14-3-1-13(2-4-14)7-19(28)24-16(5-6-35-34)18(27)8-15(9-20(29)30)21(31)25-17(11-36)22(32)33/h3-6,28,31-36,40-45,52-57,68-70,75-80,89-94H,2,7-27H2,1H3,(H,61,71)(H,62,81)(H,63,82)(H,64,83)(H,65,84)(H,66,96)(H,67,95)(H,85,86)(H,87,88)(H,97,98);1-4,12,15-17,34,36H,5-11H2,(H,23,26)(H,24,28)(H,25,31)(H,29,30)(H,32,33)/t31-,32-,33-,34-,35-,36-,40-,41-,42-,43+,44+,45+,52+,53+,54+,55+,56+,57+;15-,16-,17-/m01/s1. The number of hydrogen-bond donors (Lipinski definition) is 32. The third-order valence-electron chi connectivity index (χ3n) is 20.8. The molecule has 0 saturated carbocycles. The van der Waals surface area contributed by atoms with Crippen molar-refractivity contribution in [3.63, 3.8) is 0 Å². The average Bonchev–Trinajstić information content (AvgIpc) is 0.836. The van der Waals surface area contributed by atoms with Gasteiger partial charge in [0, 0.05) is 115 Å². The monoisotopic (exact) mass is 1940 g/mol. The maximum Gasteiger partial charge on any atom is 0.327 e. The summed E-state index contributed by atoms with van der Waals surface area (Å²) in [5, 5.41) is 227. The van der Waals surface area contributed by atoms with E-state index in [4.69, 9.17) is 30.8 Å². The lowest BCUT2D eigenvalue weighted by molar-refractivity contribution is -0.243. The van der Waals surface area contributed by atoms with E-state index in [0.29, 0.717) is 36.1 Å². The molecule has 0 heterocycles. The summed E-state index contributed by atoms with van der Waals surface area (Å²) in [5.41, 5.74) is 2.41. The van der Waals surface area contributed by atoms with Gasteiger partial charge in [-0.3, -0.25) is 91.6 Å². The van der Waals surface area contributed by atoms with Crippen LogP contribution in [0.25, 0.3) is 0 Å². The van der Waals surface area contributed by atoms with Crippen LogP contribution in [0.4, 0.5) is 0 Å². The zero-order valence-electron chi connectivity index (χ0n) is 72.9. The van der Waals surface area contributed by atoms with Crippen molar-refractivity contribution in [3.05, 3.63) is 70.8 Å². The maximum absolute atomic E-state index is 14.6. The van der Waals surface area contributed by atoms with Crippen LogP contribution in [0.1, 0.15) is 138 Å². The summed E-state index contributed by atoms with van der Waals surface area (Å²) in [5.74, 6) is -25.8. The number of aliphatic hydroxyl groups excluding tert-OH is 15. The molecule has 0 aromatic heterocycles. The Labute approximate surface area is 770 Å². The lowest BCUT2D eigenvalue weighted by Gasteiger charge is -2.27. The predicted octanol–water partition coefficient (Wildman–Crippen LogP) is -10.7. The summed E-state index contributed by atoms with van der Waals surface area (Å²) in [6.07, 6.45) is -35.8. The average molecular weight is 1940 g/mol. The quantitative estimate of drug-likeness (QED) is 0.0127. The van der Waals surface area contributed by atoms with Gasteiger partial charge in [0.2, 0.25) is 60.1 Å². The number of ketones is 4. The molecule has 0 fully saturated rings. The third-order valence-corrected chi connectivity index (χ3v) is 21.1. The highest BCUT2D eigenvalue weighted by molar-refractivity contribution is 7.80. The number of nitrogens with one attached hydrogen (secondary N) is 10. The zero-order valence-corrected chi connectivity index (χ0v) is 73.8. The molecule has 754 valence electrons. The summed E-state index contributed by atoms with van der Waals surface area (Å²) in [7, 11) is 0. The highest BCUT2D eigenvalue weighted by Gasteiger charge is 2.39. The second-order valence-electron chi connectivity index (χ2n) is 31.2. The van der Waals surface area contributed by atoms with Gasteiger partial charge >= 0.3 is 29.8 Å². The first-order valence-electron chi connectivity index (χ1n) is 42.0. The molecule has 0 saturated heterocycles. The van der Waals surface area contributed by atoms with Crippen LogP contribution in [0.5, 0.6) is 0 Å². The maximum atomic E-state index is 14.6. The van der Waals surface area contributed by atoms with Crippen molar-refractivity contribution in [1.29, 1.82) is 0 Å². The summed E-state index contributed by atoms with van der Waals surface area (Å²) in [4.78, 5) is 246. The number of benzene rings is 2. The number of thiol groups is 1. The Morgan fingerprint density at radius 2 is 0.634 bits per heavy atom. The number of Topliss-reactive ketones (excluding diaryl/α,β-unsaturated/α-hetero) is 4. The number of rotatable bonds is 72. The Bertz CT molecular complexity index is 4100. The number of aliphatic carboxylic acids is 5. The van der Waals surface area contributed by atoms with Crippen molar-refractivity contribution in [2.24, 2.45) is 23.7 Å². The van der Waals surface area contributed by atoms with Crippen LogP contribution in [0.2, 0.25) is 0 Å². The van der Waals surface area contributed by atoms with Crippen molar-refractivity contribution < 1.29 is 203 Å². The second kappa shape index (κ2) is 65.5. The molecule has 0 aliphatic heterocycles. The van der Waals surface area contributed by atoms with E-state index in [-0.39, 0.29) is 38.2 Å². The van der Waals surface area contributed by atoms with Gasteiger partial charge in [0.1, 0.15) is 61.0 Å². The van der Waals surface area contributed by atoms with Gasteiger partial charge in [-0.05, 0) is 60.8 Å². The molecule has 52 heteroatoms. The number of aliphatic hydroxyl groups is 15. The van der Waals surface area contributed by atoms with E-state index in [1.165, 1.54) is 19.1 Å². The fraction of sp³-hybridized carbons (Fsp3) is 0.622. The summed E-state index contributed by atoms with van der Waals surface area (Å²) < 4.78 is 0. The molecule has 0 unspecified atom stereocenters. The molecule has 21 atom stereocenters. The van der Waals surface area contributed by atoms with E-state index in [9.17, 15) is 168 Å². The van der Waals surface area contributed by atoms with E-state index < -0.39 is 370 Å². The molecular weight excluding hydrogens is 1810 g/mol. The van der Waals surface area contributed by atoms with E-state index in [2.05, 4.69) is 70.7 Å². The van der Waals surface area contributed by atoms with Crippen molar-refractivity contribution in [2.75, 3.05) is 51.8 Å². The number of carboxylic acid groups (broad SMARTS) is 5. The molecule has 0 radical (unpaired) electrons. The molecule has 0 spiro atoms. The molecule has 10 amide bonds. The lowest BCUT2D eigenvalue weighted by Crippen LogP contribution is -2.50. The zero-order chi connectivity index (χ0) is 102. The van der Waals surface area contributed by atoms with Crippen LogP contribution < -0.4 is 53.2 Å². The van der Waals surface area contributed by atoms with Crippen LogP contribution >= 0.6 is 12.6 Å². The Kier molecular flexibility index (Phi) is 59.1. The van der Waals surface area contributed by atoms with Gasteiger partial charge in [-0.1, -0.05) is 55.5 Å². The van der Waals surface area contributed by atoms with Crippen molar-refractivity contribution >= 4 is 126 Å². The van der Waals surface area contributed by atoms with Gasteiger partial charge in [0.25, 0.3) is 0 Å². The van der Waals surface area contributed by atoms with Crippen molar-refractivity contribution in [1.82, 2.24) is 53.2 Å². The summed E-state index contributed by atoms with van der Waals surface area (Å²) in [6.45, 7) is -4.02. The van der Waals surface area contributed by atoms with Crippen LogP contribution in [0.15, 0.2) is 48.5 Å². The second-order valence-corrected chi connectivity index (χ2v) is 31.5. The normalized spacial score (nSPS) is 15.9. The highest BCUT2D eigenvalue weighted by Crippen LogP contribution is 2.23. The number of carbonyl (C=O) groups excluding carboxylic acids is 14. The van der Waals surface area contributed by atoms with Crippen LogP contribution in [0.3, 0.4) is 0 Å². The van der Waals surface area contributed by atoms with Gasteiger partial charge < -0.3 is 155 Å². The molecule has 0 aliphatic carbocycles. The van der Waals surface area contributed by atoms with Crippen LogP contribution in [-0.2, 0) is 122 Å². The minimum absolute atomic E-state index is 0.105. The fourth-order valence-corrected chi connectivity index (χ4v) is 12.9. The fourth-order valence-electron chi connectivity index (χ4n) is 12.7. The largest absolute Gasteiger partial charge is 0.481 e. The molecule has 134 heavy (non-hydrogen) atoms. The molecule has 31 N–H and O–H groups in total. The summed E-state index contributed by atoms with van der Waals surface area (Å²) in [6, 6.07) is 4.84. The van der Waals surface area contributed by atoms with E-state index >= 15 is 0 Å². The Morgan fingerprint density at radius 1 is 0.343 bits per heavy atom. The van der Waals surface area contributed by atoms with Gasteiger partial charge in [0.15, 0.2) is 23.1 Å². The number of carboxylic acids is 5. The Morgan fingerprint density at radius 3 is 0.918 bits per heavy atom. The van der Waals surface area contributed by atoms with Crippen LogP contribution in [-0.4, -0.2) is 376 Å². The number of hydrogen-bond acceptors (Lipinski definition) is 37. The smallest absolute Gasteiger partial charge is 0.327 e. The number of amides is 10. The van der Waals surface area contributed by atoms with E-state index in [1.807, 2.05) is 0 Å². The molecule has 2 aromatic rings. The minimum Gasteiger partial charge on any atom is -0.481 e. The van der Waals surface area contributed by atoms with Gasteiger partial charge in [-0.2, -0.15) is 12.6 Å². The van der Waals surface area contributed by atoms with Gasteiger partial charge in [0.05, 0.1) is 100 Å². The summed E-state index contributed by atoms with van der Waals surface area (Å²) >= 11 is 3.83. The van der Waals surface area contributed by atoms with E-state index in [1.54, 1.807) is 36.4 Å². The molecule has 0 aliphatic rings. The molecule has 2 rings (SSSR count). The third kappa shape index (κ3) is 47.7. The van der Waals surface area contributed by atoms with Gasteiger partial charge in [-0.25, -0.2) is 9.68 Å². The Balaban J connectivity index is 0.00000207.